The molecular weight excluding hydrogens is 172 g/mol. The number of halogens is 2. The van der Waals surface area contributed by atoms with Crippen molar-refractivity contribution in [3.8, 4) is 0 Å². The zero-order chi connectivity index (χ0) is 9.26. The first-order valence-corrected chi connectivity index (χ1v) is 4.18. The van der Waals surface area contributed by atoms with E-state index in [1.807, 2.05) is 0 Å². The Bertz CT molecular complexity index is 345. The maximum atomic E-state index is 12.3. The van der Waals surface area contributed by atoms with Crippen molar-refractivity contribution in [2.45, 2.75) is 12.8 Å². The summed E-state index contributed by atoms with van der Waals surface area (Å²) in [6.07, 6.45) is 0.140. The number of nitrogens with zero attached hydrogens (tertiary/aromatic N) is 1. The highest BCUT2D eigenvalue weighted by Gasteiger charge is 2.10. The molecule has 0 fully saturated rings. The van der Waals surface area contributed by atoms with Crippen molar-refractivity contribution >= 4 is 6.21 Å². The van der Waals surface area contributed by atoms with E-state index in [0.29, 0.717) is 0 Å². The molecule has 1 aliphatic rings. The Labute approximate surface area is 75.1 Å². The van der Waals surface area contributed by atoms with Gasteiger partial charge in [0.1, 0.15) is 0 Å². The van der Waals surface area contributed by atoms with E-state index in [4.69, 9.17) is 0 Å². The number of benzene rings is 1. The zero-order valence-electron chi connectivity index (χ0n) is 7.00. The summed E-state index contributed by atoms with van der Waals surface area (Å²) in [6.45, 7) is 0.765. The van der Waals surface area contributed by atoms with Crippen LogP contribution in [-0.4, -0.2) is 12.8 Å². The molecule has 13 heavy (non-hydrogen) atoms. The van der Waals surface area contributed by atoms with Crippen LogP contribution in [0.25, 0.3) is 0 Å². The van der Waals surface area contributed by atoms with Crippen LogP contribution in [0.5, 0.6) is 0 Å². The number of rotatable bonds is 1. The molecule has 1 aromatic carbocycles. The Balaban J connectivity index is 2.43. The summed E-state index contributed by atoms with van der Waals surface area (Å²) in [6, 6.07) is 4.77. The van der Waals surface area contributed by atoms with E-state index in [2.05, 4.69) is 4.99 Å². The molecule has 0 bridgehead atoms. The van der Waals surface area contributed by atoms with Crippen LogP contribution in [-0.2, 0) is 6.42 Å². The fourth-order valence-electron chi connectivity index (χ4n) is 1.44. The maximum absolute atomic E-state index is 12.3. The number of aliphatic imine (C=N–C) groups is 1. The number of fused-ring (bicyclic) bond motifs is 1. The summed E-state index contributed by atoms with van der Waals surface area (Å²) >= 11 is 0. The molecule has 0 spiro atoms. The Morgan fingerprint density at radius 1 is 1.31 bits per heavy atom. The normalized spacial score (nSPS) is 14.7. The van der Waals surface area contributed by atoms with Crippen LogP contribution in [0.2, 0.25) is 0 Å². The molecule has 0 unspecified atom stereocenters. The van der Waals surface area contributed by atoms with Crippen LogP contribution in [0.4, 0.5) is 8.78 Å². The smallest absolute Gasteiger partial charge is 0.263 e. The molecule has 0 atom stereocenters. The molecule has 0 saturated heterocycles. The second kappa shape index (κ2) is 3.24. The zero-order valence-corrected chi connectivity index (χ0v) is 7.00. The monoisotopic (exact) mass is 181 g/mol. The molecule has 1 nitrogen and oxygen atoms in total. The summed E-state index contributed by atoms with van der Waals surface area (Å²) in [7, 11) is 0. The third-order valence-electron chi connectivity index (χ3n) is 2.16. The summed E-state index contributed by atoms with van der Waals surface area (Å²) in [5.74, 6) is 0. The minimum atomic E-state index is -2.39. The molecule has 0 radical (unpaired) electrons. The molecule has 1 aromatic rings. The Morgan fingerprint density at radius 3 is 2.92 bits per heavy atom. The lowest BCUT2D eigenvalue weighted by Crippen LogP contribution is -2.03. The molecule has 0 aromatic heterocycles. The van der Waals surface area contributed by atoms with Gasteiger partial charge in [0, 0.05) is 18.3 Å². The first kappa shape index (κ1) is 8.35. The van der Waals surface area contributed by atoms with Crippen LogP contribution >= 0.6 is 0 Å². The van der Waals surface area contributed by atoms with E-state index in [0.717, 1.165) is 24.1 Å². The molecule has 0 aliphatic carbocycles. The van der Waals surface area contributed by atoms with E-state index >= 15 is 0 Å². The fourth-order valence-corrected chi connectivity index (χ4v) is 1.44. The Hall–Kier alpha value is -1.25. The predicted molar refractivity (Wildman–Crippen MR) is 47.6 cm³/mol. The number of hydrogen-bond donors (Lipinski definition) is 0. The molecule has 0 saturated carbocycles. The Morgan fingerprint density at radius 2 is 2.15 bits per heavy atom. The van der Waals surface area contributed by atoms with Gasteiger partial charge in [-0.15, -0.1) is 0 Å². The van der Waals surface area contributed by atoms with Crippen molar-refractivity contribution < 1.29 is 8.78 Å². The molecular formula is C10H9F2N. The first-order chi connectivity index (χ1) is 6.27. The number of hydrogen-bond acceptors (Lipinski definition) is 1. The lowest BCUT2D eigenvalue weighted by Gasteiger charge is -2.10. The van der Waals surface area contributed by atoms with Gasteiger partial charge in [-0.3, -0.25) is 4.99 Å². The molecule has 1 aliphatic heterocycles. The average molecular weight is 181 g/mol. The first-order valence-electron chi connectivity index (χ1n) is 4.18. The van der Waals surface area contributed by atoms with Gasteiger partial charge in [0.25, 0.3) is 6.43 Å². The van der Waals surface area contributed by atoms with Gasteiger partial charge in [-0.05, 0) is 23.6 Å². The van der Waals surface area contributed by atoms with Crippen molar-refractivity contribution in [3.05, 3.63) is 34.9 Å². The van der Waals surface area contributed by atoms with Gasteiger partial charge in [0.05, 0.1) is 0 Å². The highest BCUT2D eigenvalue weighted by molar-refractivity contribution is 5.83. The van der Waals surface area contributed by atoms with Crippen LogP contribution in [0.1, 0.15) is 23.1 Å². The van der Waals surface area contributed by atoms with Crippen LogP contribution in [0, 0.1) is 0 Å². The van der Waals surface area contributed by atoms with Gasteiger partial charge in [0.2, 0.25) is 0 Å². The lowest BCUT2D eigenvalue weighted by molar-refractivity contribution is 0.151. The maximum Gasteiger partial charge on any atom is 0.263 e. The summed E-state index contributed by atoms with van der Waals surface area (Å²) < 4.78 is 24.6. The average Bonchev–Trinajstić information content (AvgIpc) is 2.17. The molecule has 0 N–H and O–H groups in total. The second-order valence-corrected chi connectivity index (χ2v) is 3.04. The molecule has 0 amide bonds. The third-order valence-corrected chi connectivity index (χ3v) is 2.16. The van der Waals surface area contributed by atoms with E-state index in [1.54, 1.807) is 12.3 Å². The topological polar surface area (TPSA) is 12.4 Å². The summed E-state index contributed by atoms with van der Waals surface area (Å²) in [4.78, 5) is 4.05. The van der Waals surface area contributed by atoms with Crippen molar-refractivity contribution in [1.82, 2.24) is 0 Å². The predicted octanol–water partition coefficient (Wildman–Crippen LogP) is 2.60. The standard InChI is InChI=1S/C10H9F2N/c11-10(12)8-2-1-7-3-4-13-6-9(7)5-8/h1-2,5-6,10H,3-4H2. The van der Waals surface area contributed by atoms with E-state index in [-0.39, 0.29) is 5.56 Å². The number of alkyl halides is 2. The molecule has 2 rings (SSSR count). The third kappa shape index (κ3) is 1.59. The van der Waals surface area contributed by atoms with Gasteiger partial charge in [-0.1, -0.05) is 12.1 Å². The summed E-state index contributed by atoms with van der Waals surface area (Å²) in [5, 5.41) is 0. The Kier molecular flexibility index (Phi) is 2.08. The van der Waals surface area contributed by atoms with E-state index in [1.165, 1.54) is 12.1 Å². The SMILES string of the molecule is FC(F)c1ccc2c(c1)C=NCC2. The van der Waals surface area contributed by atoms with Gasteiger partial charge in [-0.25, -0.2) is 8.78 Å². The van der Waals surface area contributed by atoms with Crippen molar-refractivity contribution in [3.63, 3.8) is 0 Å². The van der Waals surface area contributed by atoms with Crippen LogP contribution in [0.3, 0.4) is 0 Å². The quantitative estimate of drug-likeness (QED) is 0.631. The minimum absolute atomic E-state index is 0.0760. The molecule has 68 valence electrons. The second-order valence-electron chi connectivity index (χ2n) is 3.04. The lowest BCUT2D eigenvalue weighted by atomic mass is 10.0. The van der Waals surface area contributed by atoms with Crippen LogP contribution < -0.4 is 0 Å². The van der Waals surface area contributed by atoms with Crippen molar-refractivity contribution in [2.24, 2.45) is 4.99 Å². The molecule has 1 heterocycles. The van der Waals surface area contributed by atoms with Crippen molar-refractivity contribution in [2.75, 3.05) is 6.54 Å². The minimum Gasteiger partial charge on any atom is -0.292 e. The van der Waals surface area contributed by atoms with Gasteiger partial charge in [0.15, 0.2) is 0 Å². The van der Waals surface area contributed by atoms with E-state index < -0.39 is 6.43 Å². The van der Waals surface area contributed by atoms with Gasteiger partial charge >= 0.3 is 0 Å². The highest BCUT2D eigenvalue weighted by atomic mass is 19.3. The van der Waals surface area contributed by atoms with E-state index in [9.17, 15) is 8.78 Å². The summed E-state index contributed by atoms with van der Waals surface area (Å²) in [5.41, 5.74) is 2.02. The highest BCUT2D eigenvalue weighted by Crippen LogP contribution is 2.22. The van der Waals surface area contributed by atoms with Crippen LogP contribution in [0.15, 0.2) is 23.2 Å². The van der Waals surface area contributed by atoms with Gasteiger partial charge < -0.3 is 0 Å². The van der Waals surface area contributed by atoms with Crippen molar-refractivity contribution in [1.29, 1.82) is 0 Å². The molecule has 3 heteroatoms. The van der Waals surface area contributed by atoms with Gasteiger partial charge in [-0.2, -0.15) is 0 Å². The largest absolute Gasteiger partial charge is 0.292 e. The fraction of sp³-hybridized carbons (Fsp3) is 0.300.